The van der Waals surface area contributed by atoms with Gasteiger partial charge in [-0.2, -0.15) is 0 Å². The highest BCUT2D eigenvalue weighted by atomic mass is 16.5. The van der Waals surface area contributed by atoms with Gasteiger partial charge < -0.3 is 14.6 Å². The van der Waals surface area contributed by atoms with Crippen molar-refractivity contribution in [3.05, 3.63) is 48.0 Å². The predicted octanol–water partition coefficient (Wildman–Crippen LogP) is 2.68. The van der Waals surface area contributed by atoms with E-state index in [-0.39, 0.29) is 0 Å². The molecule has 0 spiro atoms. The van der Waals surface area contributed by atoms with Crippen LogP contribution in [0.4, 0.5) is 0 Å². The standard InChI is InChI=1S/C17H25N3O/c1-3-10-18-11-8-16-13-20(14-19-16)12-9-15-4-6-17(21-2)7-5-15/h4-7,13-14,18H,3,8-12H2,1-2H3. The molecule has 4 nitrogen and oxygen atoms in total. The van der Waals surface area contributed by atoms with Crippen LogP contribution in [0, 0.1) is 0 Å². The summed E-state index contributed by atoms with van der Waals surface area (Å²) in [4.78, 5) is 4.46. The van der Waals surface area contributed by atoms with Crippen molar-refractivity contribution >= 4 is 0 Å². The second-order valence-electron chi connectivity index (χ2n) is 5.20. The van der Waals surface area contributed by atoms with Crippen molar-refractivity contribution in [2.24, 2.45) is 0 Å². The van der Waals surface area contributed by atoms with Crippen molar-refractivity contribution in [2.75, 3.05) is 20.2 Å². The van der Waals surface area contributed by atoms with Gasteiger partial charge >= 0.3 is 0 Å². The Bertz CT molecular complexity index is 519. The van der Waals surface area contributed by atoms with Gasteiger partial charge in [-0.25, -0.2) is 4.98 Å². The molecule has 1 aromatic heterocycles. The van der Waals surface area contributed by atoms with E-state index >= 15 is 0 Å². The normalized spacial score (nSPS) is 10.8. The van der Waals surface area contributed by atoms with Crippen LogP contribution in [0.15, 0.2) is 36.8 Å². The minimum absolute atomic E-state index is 0.906. The summed E-state index contributed by atoms with van der Waals surface area (Å²) < 4.78 is 7.34. The van der Waals surface area contributed by atoms with E-state index in [0.717, 1.165) is 43.9 Å². The molecule has 2 rings (SSSR count). The first-order chi connectivity index (χ1) is 10.3. The van der Waals surface area contributed by atoms with Gasteiger partial charge in [0, 0.05) is 25.7 Å². The molecular weight excluding hydrogens is 262 g/mol. The SMILES string of the molecule is CCCNCCc1cn(CCc2ccc(OC)cc2)cn1. The Hall–Kier alpha value is -1.81. The highest BCUT2D eigenvalue weighted by Gasteiger charge is 2.00. The summed E-state index contributed by atoms with van der Waals surface area (Å²) in [5, 5.41) is 3.40. The van der Waals surface area contributed by atoms with Crippen LogP contribution in [0.1, 0.15) is 24.6 Å². The van der Waals surface area contributed by atoms with E-state index in [4.69, 9.17) is 4.74 Å². The van der Waals surface area contributed by atoms with Gasteiger partial charge in [0.25, 0.3) is 0 Å². The van der Waals surface area contributed by atoms with Gasteiger partial charge in [0.05, 0.1) is 19.1 Å². The summed E-state index contributed by atoms with van der Waals surface area (Å²) in [6, 6.07) is 8.25. The molecule has 0 atom stereocenters. The monoisotopic (exact) mass is 287 g/mol. The van der Waals surface area contributed by atoms with Crippen LogP contribution in [0.3, 0.4) is 0 Å². The highest BCUT2D eigenvalue weighted by molar-refractivity contribution is 5.27. The lowest BCUT2D eigenvalue weighted by Gasteiger charge is -2.04. The average Bonchev–Trinajstić information content (AvgIpc) is 2.98. The first-order valence-corrected chi connectivity index (χ1v) is 7.66. The molecule has 21 heavy (non-hydrogen) atoms. The Morgan fingerprint density at radius 3 is 2.67 bits per heavy atom. The van der Waals surface area contributed by atoms with Gasteiger partial charge in [0.2, 0.25) is 0 Å². The van der Waals surface area contributed by atoms with E-state index in [1.54, 1.807) is 7.11 Å². The Morgan fingerprint density at radius 1 is 1.14 bits per heavy atom. The van der Waals surface area contributed by atoms with Crippen LogP contribution in [-0.2, 0) is 19.4 Å². The number of rotatable bonds is 9. The van der Waals surface area contributed by atoms with Crippen LogP contribution in [0.2, 0.25) is 0 Å². The van der Waals surface area contributed by atoms with Crippen molar-refractivity contribution in [3.63, 3.8) is 0 Å². The third-order valence-corrected chi connectivity index (χ3v) is 3.49. The number of nitrogens with zero attached hydrogens (tertiary/aromatic N) is 2. The highest BCUT2D eigenvalue weighted by Crippen LogP contribution is 2.12. The molecule has 0 saturated heterocycles. The maximum absolute atomic E-state index is 5.17. The van der Waals surface area contributed by atoms with E-state index in [1.807, 2.05) is 18.5 Å². The topological polar surface area (TPSA) is 39.1 Å². The number of ether oxygens (including phenoxy) is 1. The quantitative estimate of drug-likeness (QED) is 0.721. The smallest absolute Gasteiger partial charge is 0.118 e. The summed E-state index contributed by atoms with van der Waals surface area (Å²) in [7, 11) is 1.69. The first kappa shape index (κ1) is 15.6. The lowest BCUT2D eigenvalue weighted by molar-refractivity contribution is 0.414. The van der Waals surface area contributed by atoms with Gasteiger partial charge in [-0.3, -0.25) is 0 Å². The second kappa shape index (κ2) is 8.47. The van der Waals surface area contributed by atoms with Crippen molar-refractivity contribution in [1.29, 1.82) is 0 Å². The number of nitrogens with one attached hydrogen (secondary N) is 1. The first-order valence-electron chi connectivity index (χ1n) is 7.66. The number of methoxy groups -OCH3 is 1. The molecule has 0 radical (unpaired) electrons. The fourth-order valence-electron chi connectivity index (χ4n) is 2.23. The van der Waals surface area contributed by atoms with E-state index in [9.17, 15) is 0 Å². The van der Waals surface area contributed by atoms with Crippen molar-refractivity contribution in [2.45, 2.75) is 32.7 Å². The Kier molecular flexibility index (Phi) is 6.28. The van der Waals surface area contributed by atoms with E-state index in [1.165, 1.54) is 12.0 Å². The summed E-state index contributed by atoms with van der Waals surface area (Å²) in [5.74, 6) is 0.906. The zero-order chi connectivity index (χ0) is 14.9. The number of hydrogen-bond donors (Lipinski definition) is 1. The van der Waals surface area contributed by atoms with Gasteiger partial charge in [-0.05, 0) is 37.1 Å². The molecule has 1 N–H and O–H groups in total. The molecule has 0 unspecified atom stereocenters. The number of aryl methyl sites for hydroxylation is 2. The zero-order valence-electron chi connectivity index (χ0n) is 13.0. The minimum atomic E-state index is 0.906. The second-order valence-corrected chi connectivity index (χ2v) is 5.20. The largest absolute Gasteiger partial charge is 0.497 e. The van der Waals surface area contributed by atoms with Crippen molar-refractivity contribution < 1.29 is 4.74 Å². The molecule has 0 fully saturated rings. The Morgan fingerprint density at radius 2 is 1.95 bits per heavy atom. The summed E-state index contributed by atoms with van der Waals surface area (Å²) in [5.41, 5.74) is 2.48. The van der Waals surface area contributed by atoms with E-state index < -0.39 is 0 Å². The van der Waals surface area contributed by atoms with Crippen LogP contribution >= 0.6 is 0 Å². The van der Waals surface area contributed by atoms with E-state index in [2.05, 4.69) is 40.1 Å². The fourth-order valence-corrected chi connectivity index (χ4v) is 2.23. The zero-order valence-corrected chi connectivity index (χ0v) is 13.0. The fraction of sp³-hybridized carbons (Fsp3) is 0.471. The molecule has 2 aromatic rings. The maximum atomic E-state index is 5.17. The Labute approximate surface area is 127 Å². The average molecular weight is 287 g/mol. The van der Waals surface area contributed by atoms with Crippen LogP contribution in [0.25, 0.3) is 0 Å². The molecule has 0 aliphatic carbocycles. The predicted molar refractivity (Wildman–Crippen MR) is 85.8 cm³/mol. The molecule has 0 saturated carbocycles. The number of benzene rings is 1. The lowest BCUT2D eigenvalue weighted by atomic mass is 10.1. The lowest BCUT2D eigenvalue weighted by Crippen LogP contribution is -2.17. The molecular formula is C17H25N3O. The van der Waals surface area contributed by atoms with Crippen LogP contribution in [-0.4, -0.2) is 29.8 Å². The molecule has 0 aliphatic heterocycles. The Balaban J connectivity index is 1.76. The molecule has 1 heterocycles. The third-order valence-electron chi connectivity index (χ3n) is 3.49. The maximum Gasteiger partial charge on any atom is 0.118 e. The van der Waals surface area contributed by atoms with Crippen molar-refractivity contribution in [1.82, 2.24) is 14.9 Å². The molecule has 1 aromatic carbocycles. The van der Waals surface area contributed by atoms with Gasteiger partial charge in [0.15, 0.2) is 0 Å². The molecule has 114 valence electrons. The number of aromatic nitrogens is 2. The van der Waals surface area contributed by atoms with Gasteiger partial charge in [0.1, 0.15) is 5.75 Å². The van der Waals surface area contributed by atoms with Gasteiger partial charge in [-0.15, -0.1) is 0 Å². The van der Waals surface area contributed by atoms with Crippen molar-refractivity contribution in [3.8, 4) is 5.75 Å². The molecule has 0 aliphatic rings. The van der Waals surface area contributed by atoms with Crippen LogP contribution in [0.5, 0.6) is 5.75 Å². The van der Waals surface area contributed by atoms with E-state index in [0.29, 0.717) is 0 Å². The summed E-state index contributed by atoms with van der Waals surface area (Å²) >= 11 is 0. The molecule has 4 heteroatoms. The molecule has 0 bridgehead atoms. The third kappa shape index (κ3) is 5.23. The number of hydrogen-bond acceptors (Lipinski definition) is 3. The molecule has 0 amide bonds. The number of imidazole rings is 1. The summed E-state index contributed by atoms with van der Waals surface area (Å²) in [6.07, 6.45) is 7.26. The summed E-state index contributed by atoms with van der Waals surface area (Å²) in [6.45, 7) is 5.23. The van der Waals surface area contributed by atoms with Crippen LogP contribution < -0.4 is 10.1 Å². The van der Waals surface area contributed by atoms with Gasteiger partial charge in [-0.1, -0.05) is 19.1 Å². The minimum Gasteiger partial charge on any atom is -0.497 e.